The number of hydrogen-bond donors (Lipinski definition) is 9. The second-order valence-corrected chi connectivity index (χ2v) is 19.5. The molecule has 0 radical (unpaired) electrons. The quantitative estimate of drug-likeness (QED) is 0.0528. The Morgan fingerprint density at radius 2 is 1.21 bits per heavy atom. The van der Waals surface area contributed by atoms with E-state index in [9.17, 15) is 69.3 Å². The van der Waals surface area contributed by atoms with Crippen LogP contribution < -0.4 is 10.6 Å². The number of amides is 2. The number of carbonyl (C=O) groups is 7. The van der Waals surface area contributed by atoms with E-state index in [-0.39, 0.29) is 103 Å². The number of aliphatic carboxylic acids is 5. The van der Waals surface area contributed by atoms with Crippen molar-refractivity contribution >= 4 is 41.7 Å². The number of hydrogen-bond acceptors (Lipinski definition) is 12. The van der Waals surface area contributed by atoms with E-state index in [0.29, 0.717) is 51.5 Å². The summed E-state index contributed by atoms with van der Waals surface area (Å²) in [7, 11) is 0. The number of unbranched alkanes of at least 4 members (excludes halogenated alkanes) is 2. The maximum atomic E-state index is 13.1. The lowest BCUT2D eigenvalue weighted by Crippen LogP contribution is -2.63. The van der Waals surface area contributed by atoms with Crippen LogP contribution in [0.3, 0.4) is 0 Å². The zero-order chi connectivity index (χ0) is 46.6. The Kier molecular flexibility index (Phi) is 19.2. The van der Waals surface area contributed by atoms with Gasteiger partial charge in [0.05, 0.1) is 44.9 Å². The van der Waals surface area contributed by atoms with Crippen LogP contribution in [0.15, 0.2) is 0 Å². The molecule has 9 N–H and O–H groups in total. The van der Waals surface area contributed by atoms with Crippen LogP contribution in [0.25, 0.3) is 0 Å². The van der Waals surface area contributed by atoms with Crippen LogP contribution in [0, 0.1) is 46.3 Å². The molecule has 4 fully saturated rings. The standard InChI is InChI=1S/C44H73N5O14/c1-27(8-11-37(54)55)30-9-10-31-42-32(21-34(51)44(30,31)3)43(2)13-12-29(19-28(43)20-33(42)50)46-35(52)7-5-4-6-14-45-36(53)22-47(15-17-48(23-38(56)57)24-39(58)59)16-18-49(25-40(60)61)26-41(62)63/h27-34,42,50-51H,4-26H2,1-3H3,(H,45,53)(H,46,52)(H,54,55)(H,56,57)(H,58,59)(H,60,61)(H,62,63)/t27-,28+,29+,30-,31+,32+,33-,34+,42+,43+,44-/m1/s1. The minimum absolute atomic E-state index is 0.00745. The predicted molar refractivity (Wildman–Crippen MR) is 227 cm³/mol. The lowest BCUT2D eigenvalue weighted by atomic mass is 9.43. The Balaban J connectivity index is 1.21. The van der Waals surface area contributed by atoms with Gasteiger partial charge in [-0.25, -0.2) is 0 Å². The van der Waals surface area contributed by atoms with Crippen LogP contribution in [-0.4, -0.2) is 176 Å². The summed E-state index contributed by atoms with van der Waals surface area (Å²) >= 11 is 0. The highest BCUT2D eigenvalue weighted by Crippen LogP contribution is 2.68. The van der Waals surface area contributed by atoms with Gasteiger partial charge in [0, 0.05) is 51.6 Å². The van der Waals surface area contributed by atoms with Crippen LogP contribution in [0.1, 0.15) is 104 Å². The van der Waals surface area contributed by atoms with Crippen molar-refractivity contribution in [1.82, 2.24) is 25.3 Å². The molecule has 0 bridgehead atoms. The van der Waals surface area contributed by atoms with E-state index in [1.54, 1.807) is 4.90 Å². The van der Waals surface area contributed by atoms with Gasteiger partial charge in [-0.3, -0.25) is 48.3 Å². The number of carboxylic acid groups (broad SMARTS) is 5. The normalized spacial score (nSPS) is 30.5. The van der Waals surface area contributed by atoms with Crippen molar-refractivity contribution in [2.24, 2.45) is 46.3 Å². The van der Waals surface area contributed by atoms with E-state index in [2.05, 4.69) is 31.4 Å². The molecule has 4 rings (SSSR count). The van der Waals surface area contributed by atoms with Gasteiger partial charge >= 0.3 is 29.8 Å². The van der Waals surface area contributed by atoms with Gasteiger partial charge in [0.2, 0.25) is 11.8 Å². The Morgan fingerprint density at radius 3 is 1.76 bits per heavy atom. The SMILES string of the molecule is C[C@H](CCC(=O)O)[C@H]1CC[C@H]2[C@@H]3[C@H](O)C[C@@H]4C[C@@H](NC(=O)CCCCCNC(=O)CN(CCN(CC(=O)O)CC(=O)O)CCN(CC(=O)O)CC(=O)O)CC[C@]4(C)[C@H]3C[C@H](O)[C@]12C. The van der Waals surface area contributed by atoms with E-state index in [1.807, 2.05) is 0 Å². The first-order valence-electron chi connectivity index (χ1n) is 22.8. The van der Waals surface area contributed by atoms with Crippen LogP contribution in [-0.2, 0) is 33.6 Å². The van der Waals surface area contributed by atoms with Crippen molar-refractivity contribution in [2.45, 2.75) is 122 Å². The molecule has 4 aliphatic carbocycles. The third kappa shape index (κ3) is 14.3. The van der Waals surface area contributed by atoms with E-state index in [1.165, 1.54) is 9.80 Å². The molecule has 63 heavy (non-hydrogen) atoms. The number of nitrogens with zero attached hydrogens (tertiary/aromatic N) is 3. The first-order valence-corrected chi connectivity index (χ1v) is 22.8. The number of aliphatic hydroxyl groups excluding tert-OH is 2. The molecule has 2 amide bonds. The molecular formula is C44H73N5O14. The molecule has 0 spiro atoms. The number of aliphatic hydroxyl groups is 2. The lowest BCUT2D eigenvalue weighted by Gasteiger charge is -2.63. The smallest absolute Gasteiger partial charge is 0.317 e. The summed E-state index contributed by atoms with van der Waals surface area (Å²) in [5.74, 6) is -5.14. The highest BCUT2D eigenvalue weighted by Gasteiger charge is 2.65. The first-order chi connectivity index (χ1) is 29.6. The molecule has 358 valence electrons. The third-order valence-electron chi connectivity index (χ3n) is 15.4. The molecular weight excluding hydrogens is 823 g/mol. The Hall–Kier alpha value is -3.91. The largest absolute Gasteiger partial charge is 0.481 e. The Labute approximate surface area is 369 Å². The van der Waals surface area contributed by atoms with Crippen LogP contribution in [0.4, 0.5) is 0 Å². The maximum absolute atomic E-state index is 13.1. The molecule has 19 heteroatoms. The van der Waals surface area contributed by atoms with Crippen molar-refractivity contribution in [1.29, 1.82) is 0 Å². The van der Waals surface area contributed by atoms with E-state index >= 15 is 0 Å². The summed E-state index contributed by atoms with van der Waals surface area (Å²) in [4.78, 5) is 86.4. The molecule has 0 heterocycles. The highest BCUT2D eigenvalue weighted by atomic mass is 16.4. The fraction of sp³-hybridized carbons (Fsp3) is 0.841. The van der Waals surface area contributed by atoms with Gasteiger partial charge in [0.15, 0.2) is 0 Å². The number of carbonyl (C=O) groups excluding carboxylic acids is 2. The van der Waals surface area contributed by atoms with Gasteiger partial charge in [-0.1, -0.05) is 27.2 Å². The summed E-state index contributed by atoms with van der Waals surface area (Å²) in [5, 5.41) is 75.8. The topological polar surface area (TPSA) is 295 Å². The third-order valence-corrected chi connectivity index (χ3v) is 15.4. The fourth-order valence-corrected chi connectivity index (χ4v) is 12.2. The average Bonchev–Trinajstić information content (AvgIpc) is 3.54. The van der Waals surface area contributed by atoms with E-state index < -0.39 is 68.2 Å². The fourth-order valence-electron chi connectivity index (χ4n) is 12.2. The number of carboxylic acids is 5. The van der Waals surface area contributed by atoms with Crippen LogP contribution in [0.5, 0.6) is 0 Å². The number of rotatable bonds is 27. The predicted octanol–water partition coefficient (Wildman–Crippen LogP) is 1.49. The molecule has 0 saturated heterocycles. The zero-order valence-electron chi connectivity index (χ0n) is 37.3. The molecule has 4 aliphatic rings. The van der Waals surface area contributed by atoms with Crippen molar-refractivity contribution < 1.29 is 69.3 Å². The Bertz CT molecular complexity index is 1550. The van der Waals surface area contributed by atoms with Crippen molar-refractivity contribution in [3.63, 3.8) is 0 Å². The molecule has 0 aromatic carbocycles. The maximum Gasteiger partial charge on any atom is 0.317 e. The van der Waals surface area contributed by atoms with Crippen LogP contribution in [0.2, 0.25) is 0 Å². The molecule has 0 aromatic heterocycles. The molecule has 0 aromatic rings. The Morgan fingerprint density at radius 1 is 0.635 bits per heavy atom. The van der Waals surface area contributed by atoms with Crippen molar-refractivity contribution in [3.8, 4) is 0 Å². The highest BCUT2D eigenvalue weighted by molar-refractivity contribution is 5.78. The van der Waals surface area contributed by atoms with E-state index in [0.717, 1.165) is 32.1 Å². The van der Waals surface area contributed by atoms with Gasteiger partial charge in [-0.15, -0.1) is 0 Å². The molecule has 11 atom stereocenters. The first kappa shape index (κ1) is 51.7. The second kappa shape index (κ2) is 23.3. The van der Waals surface area contributed by atoms with Gasteiger partial charge in [0.1, 0.15) is 0 Å². The van der Waals surface area contributed by atoms with Gasteiger partial charge < -0.3 is 46.4 Å². The summed E-state index contributed by atoms with van der Waals surface area (Å²) in [6.07, 6.45) is 7.50. The number of nitrogens with one attached hydrogen (secondary N) is 2. The van der Waals surface area contributed by atoms with Crippen molar-refractivity contribution in [2.75, 3.05) is 65.4 Å². The summed E-state index contributed by atoms with van der Waals surface area (Å²) in [6, 6.07) is -0.00745. The van der Waals surface area contributed by atoms with Crippen molar-refractivity contribution in [3.05, 3.63) is 0 Å². The molecule has 0 aliphatic heterocycles. The molecule has 19 nitrogen and oxygen atoms in total. The minimum atomic E-state index is -1.23. The summed E-state index contributed by atoms with van der Waals surface area (Å²) in [5.41, 5.74) is -0.425. The number of fused-ring (bicyclic) bond motifs is 5. The van der Waals surface area contributed by atoms with Gasteiger partial charge in [-0.05, 0) is 111 Å². The van der Waals surface area contributed by atoms with Gasteiger partial charge in [0.25, 0.3) is 0 Å². The average molecular weight is 896 g/mol. The summed E-state index contributed by atoms with van der Waals surface area (Å²) in [6.45, 7) is 4.62. The van der Waals surface area contributed by atoms with Crippen LogP contribution >= 0.6 is 0 Å². The van der Waals surface area contributed by atoms with E-state index in [4.69, 9.17) is 0 Å². The zero-order valence-corrected chi connectivity index (χ0v) is 37.3. The lowest BCUT2D eigenvalue weighted by molar-refractivity contribution is -0.202. The monoisotopic (exact) mass is 896 g/mol. The second-order valence-electron chi connectivity index (χ2n) is 19.5. The summed E-state index contributed by atoms with van der Waals surface area (Å²) < 4.78 is 0. The van der Waals surface area contributed by atoms with Gasteiger partial charge in [-0.2, -0.15) is 0 Å². The molecule has 0 unspecified atom stereocenters. The minimum Gasteiger partial charge on any atom is -0.481 e. The molecule has 4 saturated carbocycles.